The van der Waals surface area contributed by atoms with Gasteiger partial charge in [0.05, 0.1) is 0 Å². The van der Waals surface area contributed by atoms with Gasteiger partial charge < -0.3 is 15.4 Å². The molecule has 2 N–H and O–H groups in total. The number of halogens is 2. The zero-order valence-corrected chi connectivity index (χ0v) is 16.7. The lowest BCUT2D eigenvalue weighted by Crippen LogP contribution is -2.46. The fourth-order valence-electron chi connectivity index (χ4n) is 3.23. The third-order valence-corrected chi connectivity index (χ3v) is 6.32. The average molecular weight is 402 g/mol. The van der Waals surface area contributed by atoms with Crippen molar-refractivity contribution in [3.8, 4) is 5.75 Å². The number of hydrogen-bond donors (Lipinski definition) is 2. The van der Waals surface area contributed by atoms with Gasteiger partial charge in [0.1, 0.15) is 12.4 Å². The molecule has 0 spiro atoms. The van der Waals surface area contributed by atoms with Crippen LogP contribution in [0.2, 0.25) is 0 Å². The lowest BCUT2D eigenvalue weighted by atomic mass is 9.95. The second-order valence-electron chi connectivity index (χ2n) is 6.57. The average Bonchev–Trinajstić information content (AvgIpc) is 2.69. The maximum Gasteiger partial charge on any atom is 0.272 e. The van der Waals surface area contributed by atoms with E-state index in [0.29, 0.717) is 24.0 Å². The van der Waals surface area contributed by atoms with E-state index >= 15 is 0 Å². The molecule has 0 aliphatic heterocycles. The van der Waals surface area contributed by atoms with Crippen LogP contribution in [0.5, 0.6) is 5.75 Å². The predicted octanol–water partition coefficient (Wildman–Crippen LogP) is 3.08. The molecule has 1 aromatic carbocycles. The molecule has 0 bridgehead atoms. The van der Waals surface area contributed by atoms with E-state index in [2.05, 4.69) is 15.6 Å². The van der Waals surface area contributed by atoms with E-state index in [4.69, 9.17) is 4.74 Å². The summed E-state index contributed by atoms with van der Waals surface area (Å²) in [5.74, 6) is 1.81. The molecule has 1 aliphatic carbocycles. The summed E-state index contributed by atoms with van der Waals surface area (Å²) in [7, 11) is 0.950. The maximum atomic E-state index is 12.3. The second kappa shape index (κ2) is 11.2. The molecule has 3 unspecified atom stereocenters. The number of guanidine groups is 1. The van der Waals surface area contributed by atoms with E-state index in [9.17, 15) is 13.0 Å². The molecule has 1 saturated carbocycles. The fraction of sp³-hybridized carbons (Fsp3) is 0.632. The molecule has 1 aliphatic rings. The van der Waals surface area contributed by atoms with Gasteiger partial charge in [-0.15, -0.1) is 0 Å². The van der Waals surface area contributed by atoms with Gasteiger partial charge in [-0.25, -0.2) is 8.78 Å². The first kappa shape index (κ1) is 21.6. The van der Waals surface area contributed by atoms with Crippen LogP contribution in [-0.2, 0) is 17.3 Å². The van der Waals surface area contributed by atoms with E-state index in [1.54, 1.807) is 25.2 Å². The lowest BCUT2D eigenvalue weighted by molar-refractivity contribution is 0.0818. The SMILES string of the molecule is CCS(=O)C1CCCC(NC(=NC)NCc2cccc(OCC(F)F)c2)C1. The molecule has 0 radical (unpaired) electrons. The van der Waals surface area contributed by atoms with Crippen molar-refractivity contribution in [2.24, 2.45) is 4.99 Å². The number of ether oxygens (including phenoxy) is 1. The van der Waals surface area contributed by atoms with Crippen LogP contribution in [0, 0.1) is 0 Å². The molecule has 1 aromatic rings. The Morgan fingerprint density at radius 2 is 2.22 bits per heavy atom. The Kier molecular flexibility index (Phi) is 8.97. The lowest BCUT2D eigenvalue weighted by Gasteiger charge is -2.30. The molecule has 2 rings (SSSR count). The summed E-state index contributed by atoms with van der Waals surface area (Å²) in [5, 5.41) is 6.91. The number of rotatable bonds is 8. The van der Waals surface area contributed by atoms with Crippen molar-refractivity contribution >= 4 is 16.8 Å². The van der Waals surface area contributed by atoms with Crippen LogP contribution in [0.15, 0.2) is 29.3 Å². The molecule has 3 atom stereocenters. The van der Waals surface area contributed by atoms with E-state index < -0.39 is 23.8 Å². The van der Waals surface area contributed by atoms with E-state index in [0.717, 1.165) is 31.2 Å². The number of nitrogens with one attached hydrogen (secondary N) is 2. The minimum absolute atomic E-state index is 0.253. The zero-order chi connectivity index (χ0) is 19.6. The fourth-order valence-corrected chi connectivity index (χ4v) is 4.58. The molecule has 8 heteroatoms. The van der Waals surface area contributed by atoms with Crippen LogP contribution < -0.4 is 15.4 Å². The van der Waals surface area contributed by atoms with Crippen molar-refractivity contribution in [1.29, 1.82) is 0 Å². The maximum absolute atomic E-state index is 12.3. The highest BCUT2D eigenvalue weighted by Gasteiger charge is 2.26. The van der Waals surface area contributed by atoms with Gasteiger partial charge in [0, 0.05) is 41.4 Å². The molecule has 152 valence electrons. The van der Waals surface area contributed by atoms with Crippen molar-refractivity contribution in [1.82, 2.24) is 10.6 Å². The third-order valence-electron chi connectivity index (χ3n) is 4.58. The largest absolute Gasteiger partial charge is 0.488 e. The number of aliphatic imine (C=N–C) groups is 1. The van der Waals surface area contributed by atoms with Gasteiger partial charge in [-0.3, -0.25) is 9.20 Å². The third kappa shape index (κ3) is 7.44. The van der Waals surface area contributed by atoms with Gasteiger partial charge in [0.15, 0.2) is 5.96 Å². The highest BCUT2D eigenvalue weighted by Crippen LogP contribution is 2.23. The summed E-state index contributed by atoms with van der Waals surface area (Å²) < 4.78 is 41.7. The Labute approximate surface area is 162 Å². The quantitative estimate of drug-likeness (QED) is 0.519. The first-order valence-corrected chi connectivity index (χ1v) is 10.7. The standard InChI is InChI=1S/C19H29F2N3O2S/c1-3-27(25)17-9-5-7-15(11-17)24-19(22-2)23-12-14-6-4-8-16(10-14)26-13-18(20)21/h4,6,8,10,15,17-18H,3,5,7,9,11-13H2,1-2H3,(H2,22,23,24). The monoisotopic (exact) mass is 401 g/mol. The normalized spacial score (nSPS) is 21.7. The van der Waals surface area contributed by atoms with Gasteiger partial charge in [0.25, 0.3) is 6.43 Å². The first-order chi connectivity index (χ1) is 13.0. The van der Waals surface area contributed by atoms with Gasteiger partial charge in [-0.2, -0.15) is 0 Å². The van der Waals surface area contributed by atoms with E-state index in [-0.39, 0.29) is 11.3 Å². The summed E-state index contributed by atoms with van der Waals surface area (Å²) in [4.78, 5) is 4.26. The van der Waals surface area contributed by atoms with Crippen molar-refractivity contribution in [3.05, 3.63) is 29.8 Å². The second-order valence-corrected chi connectivity index (χ2v) is 8.58. The molecule has 0 saturated heterocycles. The molecular weight excluding hydrogens is 372 g/mol. The van der Waals surface area contributed by atoms with Crippen LogP contribution in [0.4, 0.5) is 8.78 Å². The van der Waals surface area contributed by atoms with E-state index in [1.807, 2.05) is 13.0 Å². The van der Waals surface area contributed by atoms with E-state index in [1.165, 1.54) is 0 Å². The number of nitrogens with zero attached hydrogens (tertiary/aromatic N) is 1. The van der Waals surface area contributed by atoms with Crippen molar-refractivity contribution in [3.63, 3.8) is 0 Å². The van der Waals surface area contributed by atoms with Crippen LogP contribution >= 0.6 is 0 Å². The zero-order valence-electron chi connectivity index (χ0n) is 15.9. The summed E-state index contributed by atoms with van der Waals surface area (Å²) in [6.07, 6.45) is 1.52. The summed E-state index contributed by atoms with van der Waals surface area (Å²) >= 11 is 0. The molecule has 0 aromatic heterocycles. The Morgan fingerprint density at radius 3 is 2.93 bits per heavy atom. The van der Waals surface area contributed by atoms with Gasteiger partial charge >= 0.3 is 0 Å². The van der Waals surface area contributed by atoms with Crippen LogP contribution in [0.25, 0.3) is 0 Å². The summed E-state index contributed by atoms with van der Waals surface area (Å²) in [5.41, 5.74) is 0.915. The topological polar surface area (TPSA) is 62.7 Å². The highest BCUT2D eigenvalue weighted by molar-refractivity contribution is 7.85. The molecule has 0 amide bonds. The Morgan fingerprint density at radius 1 is 1.41 bits per heavy atom. The van der Waals surface area contributed by atoms with Gasteiger partial charge in [0.2, 0.25) is 0 Å². The minimum atomic E-state index is -2.49. The minimum Gasteiger partial charge on any atom is -0.488 e. The number of benzene rings is 1. The number of hydrogen-bond acceptors (Lipinski definition) is 3. The van der Waals surface area contributed by atoms with Crippen LogP contribution in [0.1, 0.15) is 38.2 Å². The Bertz CT molecular complexity index is 643. The van der Waals surface area contributed by atoms with Crippen molar-refractivity contribution in [2.75, 3.05) is 19.4 Å². The van der Waals surface area contributed by atoms with Crippen LogP contribution in [-0.4, -0.2) is 47.3 Å². The van der Waals surface area contributed by atoms with Gasteiger partial charge in [-0.1, -0.05) is 25.5 Å². The Hall–Kier alpha value is -1.70. The summed E-state index contributed by atoms with van der Waals surface area (Å²) in [6.45, 7) is 1.86. The highest BCUT2D eigenvalue weighted by atomic mass is 32.2. The number of alkyl halides is 2. The molecule has 5 nitrogen and oxygen atoms in total. The van der Waals surface area contributed by atoms with Crippen molar-refractivity contribution < 1.29 is 17.7 Å². The first-order valence-electron chi connectivity index (χ1n) is 9.36. The van der Waals surface area contributed by atoms with Gasteiger partial charge in [-0.05, 0) is 37.0 Å². The smallest absolute Gasteiger partial charge is 0.272 e. The summed E-state index contributed by atoms with van der Waals surface area (Å²) in [6, 6.07) is 7.33. The van der Waals surface area contributed by atoms with Crippen molar-refractivity contribution in [2.45, 2.75) is 56.9 Å². The van der Waals surface area contributed by atoms with Crippen LogP contribution in [0.3, 0.4) is 0 Å². The molecule has 0 heterocycles. The molecule has 27 heavy (non-hydrogen) atoms. The predicted molar refractivity (Wildman–Crippen MR) is 106 cm³/mol. The molecular formula is C19H29F2N3O2S. The molecule has 1 fully saturated rings. The Balaban J connectivity index is 1.85.